The highest BCUT2D eigenvalue weighted by Crippen LogP contribution is 2.24. The first kappa shape index (κ1) is 23.6. The van der Waals surface area contributed by atoms with Crippen molar-refractivity contribution in [1.82, 2.24) is 10.2 Å². The fourth-order valence-corrected chi connectivity index (χ4v) is 4.28. The Labute approximate surface area is 187 Å². The Balaban J connectivity index is 2.09. The van der Waals surface area contributed by atoms with Crippen LogP contribution in [0.5, 0.6) is 0 Å². The summed E-state index contributed by atoms with van der Waals surface area (Å²) in [5.41, 5.74) is 4.43. The fourth-order valence-electron chi connectivity index (χ4n) is 3.12. The quantitative estimate of drug-likeness (QED) is 0.612. The summed E-state index contributed by atoms with van der Waals surface area (Å²) in [5.74, 6) is 0.720. The lowest BCUT2D eigenvalue weighted by Crippen LogP contribution is -2.47. The zero-order valence-electron chi connectivity index (χ0n) is 17.1. The van der Waals surface area contributed by atoms with E-state index in [-0.39, 0.29) is 24.1 Å². The molecule has 2 aromatic rings. The zero-order chi connectivity index (χ0) is 21.6. The van der Waals surface area contributed by atoms with Crippen molar-refractivity contribution in [3.05, 3.63) is 68.7 Å². The topological polar surface area (TPSA) is 49.4 Å². The number of likely N-dealkylation sites (N-methyl/N-ethyl adjacent to an activating group) is 1. The van der Waals surface area contributed by atoms with Gasteiger partial charge in [0.05, 0.1) is 15.8 Å². The minimum atomic E-state index is -0.594. The van der Waals surface area contributed by atoms with Crippen molar-refractivity contribution >= 4 is 46.8 Å². The number of aryl methyl sites for hydroxylation is 2. The van der Waals surface area contributed by atoms with E-state index in [1.807, 2.05) is 6.07 Å². The van der Waals surface area contributed by atoms with Crippen LogP contribution in [-0.2, 0) is 21.9 Å². The van der Waals surface area contributed by atoms with Gasteiger partial charge in [-0.15, -0.1) is 11.8 Å². The fraction of sp³-hybridized carbons (Fsp3) is 0.364. The third kappa shape index (κ3) is 6.95. The van der Waals surface area contributed by atoms with Gasteiger partial charge in [-0.05, 0) is 44.0 Å². The smallest absolute Gasteiger partial charge is 0.242 e. The summed E-state index contributed by atoms with van der Waals surface area (Å²) in [4.78, 5) is 26.7. The van der Waals surface area contributed by atoms with Crippen LogP contribution in [-0.4, -0.2) is 35.6 Å². The third-order valence-corrected chi connectivity index (χ3v) is 6.25. The lowest BCUT2D eigenvalue weighted by Gasteiger charge is -2.28. The number of hydrogen-bond donors (Lipinski definition) is 1. The van der Waals surface area contributed by atoms with Crippen LogP contribution in [0.4, 0.5) is 0 Å². The van der Waals surface area contributed by atoms with Gasteiger partial charge < -0.3 is 10.2 Å². The van der Waals surface area contributed by atoms with Gasteiger partial charge in [0.1, 0.15) is 6.04 Å². The van der Waals surface area contributed by atoms with Crippen molar-refractivity contribution in [2.24, 2.45) is 0 Å². The van der Waals surface area contributed by atoms with Crippen LogP contribution >= 0.6 is 35.0 Å². The van der Waals surface area contributed by atoms with Crippen LogP contribution in [0.15, 0.2) is 36.4 Å². The molecule has 2 rings (SSSR count). The first-order valence-electron chi connectivity index (χ1n) is 9.31. The number of carbonyl (C=O) groups is 2. The van der Waals surface area contributed by atoms with Crippen molar-refractivity contribution in [1.29, 1.82) is 0 Å². The highest BCUT2D eigenvalue weighted by Gasteiger charge is 2.25. The first-order chi connectivity index (χ1) is 13.7. The van der Waals surface area contributed by atoms with E-state index in [4.69, 9.17) is 23.2 Å². The van der Waals surface area contributed by atoms with Gasteiger partial charge >= 0.3 is 0 Å². The molecule has 0 aliphatic rings. The van der Waals surface area contributed by atoms with Crippen LogP contribution in [0.2, 0.25) is 10.0 Å². The van der Waals surface area contributed by atoms with Gasteiger partial charge in [-0.1, -0.05) is 58.6 Å². The van der Waals surface area contributed by atoms with Crippen molar-refractivity contribution in [3.63, 3.8) is 0 Å². The van der Waals surface area contributed by atoms with E-state index in [1.165, 1.54) is 16.7 Å². The number of rotatable bonds is 8. The summed E-state index contributed by atoms with van der Waals surface area (Å²) in [7, 11) is 1.56. The molecule has 0 aliphatic heterocycles. The van der Waals surface area contributed by atoms with Crippen molar-refractivity contribution in [2.45, 2.75) is 39.1 Å². The second-order valence-electron chi connectivity index (χ2n) is 7.05. The molecule has 0 saturated carbocycles. The Kier molecular flexibility index (Phi) is 8.87. The highest BCUT2D eigenvalue weighted by molar-refractivity contribution is 7.99. The number of carbonyl (C=O) groups excluding carboxylic acids is 2. The van der Waals surface area contributed by atoms with Crippen molar-refractivity contribution in [3.8, 4) is 0 Å². The molecule has 1 N–H and O–H groups in total. The van der Waals surface area contributed by atoms with Gasteiger partial charge in [0.25, 0.3) is 0 Å². The minimum Gasteiger partial charge on any atom is -0.357 e. The summed E-state index contributed by atoms with van der Waals surface area (Å²) in [5, 5.41) is 3.49. The Morgan fingerprint density at radius 2 is 1.69 bits per heavy atom. The molecule has 0 heterocycles. The number of halogens is 2. The average Bonchev–Trinajstić information content (AvgIpc) is 2.66. The van der Waals surface area contributed by atoms with Crippen molar-refractivity contribution < 1.29 is 9.59 Å². The average molecular weight is 453 g/mol. The normalized spacial score (nSPS) is 11.8. The Hall–Kier alpha value is -1.69. The number of thioether (sulfide) groups is 1. The maximum absolute atomic E-state index is 13.0. The molecule has 0 radical (unpaired) electrons. The van der Waals surface area contributed by atoms with E-state index in [9.17, 15) is 9.59 Å². The molecule has 29 heavy (non-hydrogen) atoms. The zero-order valence-corrected chi connectivity index (χ0v) is 19.4. The van der Waals surface area contributed by atoms with Crippen LogP contribution < -0.4 is 5.32 Å². The molecule has 2 amide bonds. The number of hydrogen-bond acceptors (Lipinski definition) is 3. The second kappa shape index (κ2) is 10.9. The van der Waals surface area contributed by atoms with Gasteiger partial charge in [0.2, 0.25) is 11.8 Å². The van der Waals surface area contributed by atoms with Crippen molar-refractivity contribution in [2.75, 3.05) is 12.8 Å². The first-order valence-corrected chi connectivity index (χ1v) is 11.2. The summed E-state index contributed by atoms with van der Waals surface area (Å²) in [6.07, 6.45) is 0. The molecule has 156 valence electrons. The maximum atomic E-state index is 13.0. The molecule has 1 atom stereocenters. The molecular weight excluding hydrogens is 427 g/mol. The predicted molar refractivity (Wildman–Crippen MR) is 123 cm³/mol. The predicted octanol–water partition coefficient (Wildman–Crippen LogP) is 5.01. The molecule has 0 fully saturated rings. The van der Waals surface area contributed by atoms with E-state index >= 15 is 0 Å². The highest BCUT2D eigenvalue weighted by atomic mass is 35.5. The second-order valence-corrected chi connectivity index (χ2v) is 8.85. The maximum Gasteiger partial charge on any atom is 0.242 e. The number of nitrogens with zero attached hydrogens (tertiary/aromatic N) is 1. The molecule has 2 aromatic carbocycles. The monoisotopic (exact) mass is 452 g/mol. The summed E-state index contributed by atoms with van der Waals surface area (Å²) in [6, 6.07) is 11.0. The Morgan fingerprint density at radius 1 is 1.03 bits per heavy atom. The molecule has 0 aromatic heterocycles. The summed E-state index contributed by atoms with van der Waals surface area (Å²) < 4.78 is 0. The van der Waals surface area contributed by atoms with E-state index in [1.54, 1.807) is 42.8 Å². The molecule has 0 unspecified atom stereocenters. The lowest BCUT2D eigenvalue weighted by atomic mass is 10.1. The van der Waals surface area contributed by atoms with Gasteiger partial charge in [-0.2, -0.15) is 0 Å². The largest absolute Gasteiger partial charge is 0.357 e. The van der Waals surface area contributed by atoms with E-state index in [0.717, 1.165) is 11.3 Å². The lowest BCUT2D eigenvalue weighted by molar-refractivity contribution is -0.138. The summed E-state index contributed by atoms with van der Waals surface area (Å²) in [6.45, 7) is 6.14. The van der Waals surface area contributed by atoms with Crippen LogP contribution in [0.25, 0.3) is 0 Å². The molecule has 7 heteroatoms. The SMILES string of the molecule is CNC(=O)[C@H](C)N(Cc1ccc(Cl)c(Cl)c1)C(=O)CSCc1cc(C)cc(C)c1. The molecular formula is C22H26Cl2N2O2S. The number of nitrogens with one attached hydrogen (secondary N) is 1. The van der Waals surface area contributed by atoms with Crippen LogP contribution in [0.3, 0.4) is 0 Å². The van der Waals surface area contributed by atoms with Gasteiger partial charge in [0, 0.05) is 19.3 Å². The molecule has 4 nitrogen and oxygen atoms in total. The standard InChI is InChI=1S/C22H26Cl2N2O2S/c1-14-7-15(2)9-18(8-14)12-29-13-21(27)26(16(3)22(28)25-4)11-17-5-6-19(23)20(24)10-17/h5-10,16H,11-13H2,1-4H3,(H,25,28)/t16-/m0/s1. The molecule has 0 spiro atoms. The molecule has 0 bridgehead atoms. The Bertz CT molecular complexity index is 869. The van der Waals surface area contributed by atoms with Gasteiger partial charge in [0.15, 0.2) is 0 Å². The molecule has 0 saturated heterocycles. The minimum absolute atomic E-state index is 0.0958. The number of amides is 2. The van der Waals surface area contributed by atoms with E-state index < -0.39 is 6.04 Å². The summed E-state index contributed by atoms with van der Waals surface area (Å²) >= 11 is 13.6. The molecule has 0 aliphatic carbocycles. The van der Waals surface area contributed by atoms with E-state index in [2.05, 4.69) is 37.4 Å². The third-order valence-electron chi connectivity index (χ3n) is 4.53. The van der Waals surface area contributed by atoms with Crippen LogP contribution in [0, 0.1) is 13.8 Å². The number of benzene rings is 2. The van der Waals surface area contributed by atoms with Gasteiger partial charge in [-0.3, -0.25) is 9.59 Å². The van der Waals surface area contributed by atoms with Gasteiger partial charge in [-0.25, -0.2) is 0 Å². The Morgan fingerprint density at radius 3 is 2.28 bits per heavy atom. The van der Waals surface area contributed by atoms with E-state index in [0.29, 0.717) is 10.0 Å². The van der Waals surface area contributed by atoms with Crippen LogP contribution in [0.1, 0.15) is 29.2 Å².